The fraction of sp³-hybridized carbons (Fsp3) is 0.750. The molecule has 0 heterocycles. The first-order chi connectivity index (χ1) is 27.3. The fourth-order valence-corrected chi connectivity index (χ4v) is 7.74. The van der Waals surface area contributed by atoms with Crippen molar-refractivity contribution in [1.29, 1.82) is 0 Å². The molecule has 1 aromatic rings. The summed E-state index contributed by atoms with van der Waals surface area (Å²) in [5.41, 5.74) is -0.336. The van der Waals surface area contributed by atoms with Gasteiger partial charge in [-0.15, -0.1) is 13.2 Å². The van der Waals surface area contributed by atoms with E-state index < -0.39 is 27.0 Å². The Hall–Kier alpha value is -0.814. The van der Waals surface area contributed by atoms with Gasteiger partial charge in [0, 0.05) is 0 Å². The number of rotatable bonds is 41. The maximum absolute atomic E-state index is 12.9. The van der Waals surface area contributed by atoms with E-state index in [0.717, 1.165) is 57.1 Å². The van der Waals surface area contributed by atoms with Crippen LogP contribution in [0.3, 0.4) is 0 Å². The molecule has 57 heavy (non-hydrogen) atoms. The SMILES string of the molecule is C=CCCCCCCCCCCCCCCCCCCOC(=O)c1ccc(S(=O)(=O)[O-])cc1C(=O)OCCCCCCCCCCCCCCCCCCC=C.[K+]. The average Bonchev–Trinajstić information content (AvgIpc) is 3.18. The van der Waals surface area contributed by atoms with Gasteiger partial charge in [-0.1, -0.05) is 192 Å². The van der Waals surface area contributed by atoms with Gasteiger partial charge in [-0.3, -0.25) is 0 Å². The smallest absolute Gasteiger partial charge is 0.744 e. The van der Waals surface area contributed by atoms with Crippen LogP contribution >= 0.6 is 0 Å². The quantitative estimate of drug-likeness (QED) is 0.0212. The molecule has 0 saturated carbocycles. The Morgan fingerprint density at radius 3 is 1.00 bits per heavy atom. The molecule has 0 atom stereocenters. The molecule has 0 unspecified atom stereocenters. The van der Waals surface area contributed by atoms with Crippen LogP contribution in [0.2, 0.25) is 0 Å². The van der Waals surface area contributed by atoms with E-state index in [-0.39, 0.29) is 75.7 Å². The summed E-state index contributed by atoms with van der Waals surface area (Å²) < 4.78 is 45.8. The van der Waals surface area contributed by atoms with Crippen molar-refractivity contribution in [1.82, 2.24) is 0 Å². The van der Waals surface area contributed by atoms with Crippen molar-refractivity contribution in [2.75, 3.05) is 13.2 Å². The van der Waals surface area contributed by atoms with E-state index in [1.165, 1.54) is 167 Å². The third-order valence-electron chi connectivity index (χ3n) is 10.8. The van der Waals surface area contributed by atoms with Crippen LogP contribution in [0.5, 0.6) is 0 Å². The Labute approximate surface area is 392 Å². The molecule has 0 N–H and O–H groups in total. The first kappa shape index (κ1) is 56.2. The first-order valence-corrected chi connectivity index (χ1v) is 24.4. The van der Waals surface area contributed by atoms with Crippen LogP contribution in [0.1, 0.15) is 239 Å². The van der Waals surface area contributed by atoms with Crippen LogP contribution in [0, 0.1) is 0 Å². The second-order valence-corrected chi connectivity index (χ2v) is 17.3. The molecule has 0 aromatic heterocycles. The van der Waals surface area contributed by atoms with Crippen molar-refractivity contribution < 1.29 is 83.4 Å². The van der Waals surface area contributed by atoms with Crippen LogP contribution in [0.15, 0.2) is 48.4 Å². The predicted octanol–water partition coefficient (Wildman–Crippen LogP) is 11.5. The van der Waals surface area contributed by atoms with Gasteiger partial charge in [-0.25, -0.2) is 18.0 Å². The normalized spacial score (nSPS) is 11.2. The molecule has 1 rings (SSSR count). The molecular weight excluding hydrogens is 760 g/mol. The van der Waals surface area contributed by atoms with Crippen molar-refractivity contribution in [2.24, 2.45) is 0 Å². The van der Waals surface area contributed by atoms with Crippen LogP contribution < -0.4 is 51.4 Å². The summed E-state index contributed by atoms with van der Waals surface area (Å²) in [4.78, 5) is 25.3. The number of hydrogen-bond donors (Lipinski definition) is 0. The summed E-state index contributed by atoms with van der Waals surface area (Å²) in [5, 5.41) is 0. The van der Waals surface area contributed by atoms with E-state index in [4.69, 9.17) is 9.47 Å². The average molecular weight is 841 g/mol. The zero-order valence-electron chi connectivity index (χ0n) is 36.5. The molecule has 1 aromatic carbocycles. The Balaban J connectivity index is 0.0000314. The summed E-state index contributed by atoms with van der Waals surface area (Å²) in [6.45, 7) is 7.93. The number of allylic oxidation sites excluding steroid dienone is 2. The largest absolute Gasteiger partial charge is 1.00 e. The molecule has 0 aliphatic rings. The van der Waals surface area contributed by atoms with Crippen LogP contribution in [-0.4, -0.2) is 38.1 Å². The Morgan fingerprint density at radius 2 is 0.719 bits per heavy atom. The summed E-state index contributed by atoms with van der Waals surface area (Å²) >= 11 is 0. The number of unbranched alkanes of at least 4 members (excludes halogenated alkanes) is 32. The Bertz CT molecular complexity index is 1250. The standard InChI is InChI=1S/C48H82O7S.K/c1-3-5-7-9-11-13-15-17-19-21-23-25-27-29-31-33-35-37-41-54-47(49)45-40-39-44(56(51,52)53)43-46(45)48(50)55-42-38-36-34-32-30-28-26-24-22-20-18-16-14-12-10-8-6-4-2;/h3-4,39-40,43H,1-2,5-38,41-42H2,(H,51,52,53);/q;+1/p-1. The van der Waals surface area contributed by atoms with E-state index in [1.807, 2.05) is 12.2 Å². The van der Waals surface area contributed by atoms with Crippen LogP contribution in [0.4, 0.5) is 0 Å². The molecule has 0 saturated heterocycles. The van der Waals surface area contributed by atoms with Gasteiger partial charge in [0.15, 0.2) is 0 Å². The second kappa shape index (κ2) is 40.6. The van der Waals surface area contributed by atoms with Gasteiger partial charge in [-0.05, 0) is 56.7 Å². The molecular formula is C48H81KO7S. The molecule has 7 nitrogen and oxygen atoms in total. The minimum absolute atomic E-state index is 0. The topological polar surface area (TPSA) is 110 Å². The zero-order valence-corrected chi connectivity index (χ0v) is 40.5. The molecule has 0 fully saturated rings. The maximum atomic E-state index is 12.9. The molecule has 0 aliphatic carbocycles. The van der Waals surface area contributed by atoms with E-state index in [1.54, 1.807) is 0 Å². The number of benzene rings is 1. The van der Waals surface area contributed by atoms with Crippen LogP contribution in [0.25, 0.3) is 0 Å². The van der Waals surface area contributed by atoms with Crippen molar-refractivity contribution in [3.05, 3.63) is 54.6 Å². The number of hydrogen-bond acceptors (Lipinski definition) is 7. The van der Waals surface area contributed by atoms with Gasteiger partial charge >= 0.3 is 63.3 Å². The third kappa shape index (κ3) is 33.6. The maximum Gasteiger partial charge on any atom is 1.00 e. The van der Waals surface area contributed by atoms with Crippen molar-refractivity contribution in [2.45, 2.75) is 223 Å². The molecule has 0 amide bonds. The van der Waals surface area contributed by atoms with Gasteiger partial charge < -0.3 is 14.0 Å². The monoisotopic (exact) mass is 841 g/mol. The molecule has 9 heteroatoms. The van der Waals surface area contributed by atoms with Gasteiger partial charge in [0.25, 0.3) is 0 Å². The zero-order chi connectivity index (χ0) is 40.8. The minimum atomic E-state index is -4.82. The van der Waals surface area contributed by atoms with Crippen molar-refractivity contribution >= 4 is 22.1 Å². The number of carbonyl (C=O) groups excluding carboxylic acids is 2. The molecule has 0 bridgehead atoms. The number of esters is 2. The molecule has 0 aliphatic heterocycles. The van der Waals surface area contributed by atoms with E-state index in [0.29, 0.717) is 12.8 Å². The molecule has 322 valence electrons. The van der Waals surface area contributed by atoms with E-state index in [2.05, 4.69) is 13.2 Å². The number of carbonyl (C=O) groups is 2. The van der Waals surface area contributed by atoms with E-state index >= 15 is 0 Å². The summed E-state index contributed by atoms with van der Waals surface area (Å²) in [6.07, 6.45) is 45.8. The van der Waals surface area contributed by atoms with Gasteiger partial charge in [0.1, 0.15) is 10.1 Å². The van der Waals surface area contributed by atoms with Crippen LogP contribution in [-0.2, 0) is 19.6 Å². The van der Waals surface area contributed by atoms with Gasteiger partial charge in [-0.2, -0.15) is 0 Å². The van der Waals surface area contributed by atoms with Gasteiger partial charge in [0.05, 0.1) is 29.2 Å². The third-order valence-corrected chi connectivity index (χ3v) is 11.6. The number of ether oxygens (including phenoxy) is 2. The predicted molar refractivity (Wildman–Crippen MR) is 232 cm³/mol. The summed E-state index contributed by atoms with van der Waals surface area (Å²) in [6, 6.07) is 3.14. The Kier molecular flexibility index (Phi) is 40.0. The first-order valence-electron chi connectivity index (χ1n) is 23.0. The second-order valence-electron chi connectivity index (χ2n) is 15.9. The fourth-order valence-electron chi connectivity index (χ4n) is 7.24. The Morgan fingerprint density at radius 1 is 0.456 bits per heavy atom. The summed E-state index contributed by atoms with van der Waals surface area (Å²) in [5.74, 6) is -1.54. The summed E-state index contributed by atoms with van der Waals surface area (Å²) in [7, 11) is -4.82. The minimum Gasteiger partial charge on any atom is -0.744 e. The molecule has 0 radical (unpaired) electrons. The van der Waals surface area contributed by atoms with E-state index in [9.17, 15) is 22.6 Å². The van der Waals surface area contributed by atoms with Crippen molar-refractivity contribution in [3.63, 3.8) is 0 Å². The van der Waals surface area contributed by atoms with Crippen molar-refractivity contribution in [3.8, 4) is 0 Å². The molecule has 0 spiro atoms. The van der Waals surface area contributed by atoms with Gasteiger partial charge in [0.2, 0.25) is 0 Å².